The van der Waals surface area contributed by atoms with Crippen molar-refractivity contribution in [3.05, 3.63) is 18.3 Å². The smallest absolute Gasteiger partial charge is 0.128 e. The van der Waals surface area contributed by atoms with Gasteiger partial charge in [0.25, 0.3) is 0 Å². The van der Waals surface area contributed by atoms with E-state index in [1.54, 1.807) is 6.20 Å². The van der Waals surface area contributed by atoms with Gasteiger partial charge in [0.2, 0.25) is 0 Å². The zero-order valence-electron chi connectivity index (χ0n) is 8.76. The Morgan fingerprint density at radius 2 is 2.27 bits per heavy atom. The normalized spacial score (nSPS) is 16.1. The molecular weight excluding hydrogens is 190 g/mol. The second-order valence-electron chi connectivity index (χ2n) is 3.95. The van der Waals surface area contributed by atoms with Crippen molar-refractivity contribution in [2.75, 3.05) is 23.8 Å². The van der Waals surface area contributed by atoms with Crippen LogP contribution in [0.5, 0.6) is 0 Å². The lowest BCUT2D eigenvalue weighted by molar-refractivity contribution is 0.283. The largest absolute Gasteiger partial charge is 0.397 e. The number of hydrogen-bond donors (Lipinski definition) is 2. The van der Waals surface area contributed by atoms with Crippen LogP contribution in [-0.2, 0) is 0 Å². The fourth-order valence-corrected chi connectivity index (χ4v) is 1.86. The number of aromatic nitrogens is 1. The SMILES string of the molecule is Nc1ccc(N(CCO)C2CCC2)nc1. The van der Waals surface area contributed by atoms with Crippen molar-refractivity contribution in [2.24, 2.45) is 0 Å². The van der Waals surface area contributed by atoms with Crippen molar-refractivity contribution in [3.63, 3.8) is 0 Å². The number of aliphatic hydroxyl groups is 1. The molecule has 0 aliphatic heterocycles. The molecule has 1 saturated carbocycles. The summed E-state index contributed by atoms with van der Waals surface area (Å²) in [5, 5.41) is 9.03. The van der Waals surface area contributed by atoms with Gasteiger partial charge in [-0.2, -0.15) is 0 Å². The Morgan fingerprint density at radius 3 is 2.73 bits per heavy atom. The first-order valence-electron chi connectivity index (χ1n) is 5.40. The Bertz CT molecular complexity index is 308. The molecule has 0 atom stereocenters. The molecule has 0 amide bonds. The summed E-state index contributed by atoms with van der Waals surface area (Å²) in [5.74, 6) is 0.919. The quantitative estimate of drug-likeness (QED) is 0.773. The van der Waals surface area contributed by atoms with Crippen molar-refractivity contribution in [1.82, 2.24) is 4.98 Å². The predicted octanol–water partition coefficient (Wildman–Crippen LogP) is 1.02. The van der Waals surface area contributed by atoms with Gasteiger partial charge in [-0.1, -0.05) is 0 Å². The highest BCUT2D eigenvalue weighted by Gasteiger charge is 2.25. The van der Waals surface area contributed by atoms with Crippen LogP contribution in [-0.4, -0.2) is 29.3 Å². The highest BCUT2D eigenvalue weighted by Crippen LogP contribution is 2.28. The summed E-state index contributed by atoms with van der Waals surface area (Å²) in [7, 11) is 0. The number of pyridine rings is 1. The van der Waals surface area contributed by atoms with Crippen molar-refractivity contribution in [2.45, 2.75) is 25.3 Å². The van der Waals surface area contributed by atoms with E-state index >= 15 is 0 Å². The average molecular weight is 207 g/mol. The Morgan fingerprint density at radius 1 is 1.47 bits per heavy atom. The lowest BCUT2D eigenvalue weighted by atomic mass is 9.91. The molecule has 1 aromatic heterocycles. The van der Waals surface area contributed by atoms with Crippen LogP contribution in [0.3, 0.4) is 0 Å². The van der Waals surface area contributed by atoms with E-state index in [2.05, 4.69) is 9.88 Å². The molecule has 0 saturated heterocycles. The van der Waals surface area contributed by atoms with Gasteiger partial charge in [0.15, 0.2) is 0 Å². The van der Waals surface area contributed by atoms with Crippen LogP contribution in [0.2, 0.25) is 0 Å². The molecule has 1 aliphatic carbocycles. The van der Waals surface area contributed by atoms with Crippen LogP contribution in [0.15, 0.2) is 18.3 Å². The molecule has 4 nitrogen and oxygen atoms in total. The van der Waals surface area contributed by atoms with Crippen LogP contribution in [0, 0.1) is 0 Å². The molecule has 82 valence electrons. The molecule has 1 aromatic rings. The van der Waals surface area contributed by atoms with E-state index in [-0.39, 0.29) is 6.61 Å². The Labute approximate surface area is 89.7 Å². The standard InChI is InChI=1S/C11H17N3O/c12-9-4-5-11(13-8-9)14(6-7-15)10-2-1-3-10/h4-5,8,10,15H,1-3,6-7,12H2. The number of nitrogens with two attached hydrogens (primary N) is 1. The molecular formula is C11H17N3O. The number of nitrogen functional groups attached to an aromatic ring is 1. The second kappa shape index (κ2) is 4.49. The van der Waals surface area contributed by atoms with Crippen molar-refractivity contribution >= 4 is 11.5 Å². The van der Waals surface area contributed by atoms with E-state index < -0.39 is 0 Å². The number of rotatable bonds is 4. The summed E-state index contributed by atoms with van der Waals surface area (Å²) in [6, 6.07) is 4.32. The summed E-state index contributed by atoms with van der Waals surface area (Å²) < 4.78 is 0. The van der Waals surface area contributed by atoms with Crippen LogP contribution < -0.4 is 10.6 Å². The van der Waals surface area contributed by atoms with Gasteiger partial charge in [0, 0.05) is 12.6 Å². The Hall–Kier alpha value is -1.29. The van der Waals surface area contributed by atoms with Crippen LogP contribution >= 0.6 is 0 Å². The minimum atomic E-state index is 0.169. The topological polar surface area (TPSA) is 62.4 Å². The van der Waals surface area contributed by atoms with Gasteiger partial charge in [-0.05, 0) is 31.4 Å². The van der Waals surface area contributed by atoms with Gasteiger partial charge < -0.3 is 15.7 Å². The molecule has 4 heteroatoms. The summed E-state index contributed by atoms with van der Waals surface area (Å²) in [6.45, 7) is 0.824. The molecule has 1 heterocycles. The predicted molar refractivity (Wildman–Crippen MR) is 60.7 cm³/mol. The van der Waals surface area contributed by atoms with E-state index in [0.717, 1.165) is 5.82 Å². The van der Waals surface area contributed by atoms with E-state index in [4.69, 9.17) is 10.8 Å². The highest BCUT2D eigenvalue weighted by atomic mass is 16.3. The van der Waals surface area contributed by atoms with Crippen molar-refractivity contribution < 1.29 is 5.11 Å². The van der Waals surface area contributed by atoms with E-state index in [1.165, 1.54) is 19.3 Å². The maximum absolute atomic E-state index is 9.03. The lowest BCUT2D eigenvalue weighted by Gasteiger charge is -2.38. The highest BCUT2D eigenvalue weighted by molar-refractivity contribution is 5.46. The van der Waals surface area contributed by atoms with Gasteiger partial charge in [-0.3, -0.25) is 0 Å². The summed E-state index contributed by atoms with van der Waals surface area (Å²) in [5.41, 5.74) is 6.27. The minimum absolute atomic E-state index is 0.169. The molecule has 0 spiro atoms. The third kappa shape index (κ3) is 2.21. The molecule has 3 N–H and O–H groups in total. The molecule has 0 aromatic carbocycles. The maximum Gasteiger partial charge on any atom is 0.128 e. The Balaban J connectivity index is 2.12. The van der Waals surface area contributed by atoms with Gasteiger partial charge in [0.1, 0.15) is 5.82 Å². The Kier molecular flexibility index (Phi) is 3.06. The fourth-order valence-electron chi connectivity index (χ4n) is 1.86. The third-order valence-corrected chi connectivity index (χ3v) is 2.92. The molecule has 0 unspecified atom stereocenters. The molecule has 0 bridgehead atoms. The van der Waals surface area contributed by atoms with Crippen molar-refractivity contribution in [3.8, 4) is 0 Å². The van der Waals surface area contributed by atoms with Gasteiger partial charge in [-0.25, -0.2) is 4.98 Å². The summed E-state index contributed by atoms with van der Waals surface area (Å²) in [6.07, 6.45) is 5.35. The van der Waals surface area contributed by atoms with Gasteiger partial charge >= 0.3 is 0 Å². The van der Waals surface area contributed by atoms with Gasteiger partial charge in [-0.15, -0.1) is 0 Å². The maximum atomic E-state index is 9.03. The fraction of sp³-hybridized carbons (Fsp3) is 0.545. The first kappa shape index (κ1) is 10.2. The number of hydrogen-bond acceptors (Lipinski definition) is 4. The van der Waals surface area contributed by atoms with E-state index in [0.29, 0.717) is 18.3 Å². The molecule has 2 rings (SSSR count). The average Bonchev–Trinajstić information content (AvgIpc) is 2.16. The number of anilines is 2. The minimum Gasteiger partial charge on any atom is -0.397 e. The van der Waals surface area contributed by atoms with Gasteiger partial charge in [0.05, 0.1) is 18.5 Å². The summed E-state index contributed by atoms with van der Waals surface area (Å²) >= 11 is 0. The van der Waals surface area contributed by atoms with E-state index in [1.807, 2.05) is 12.1 Å². The van der Waals surface area contributed by atoms with Crippen LogP contribution in [0.4, 0.5) is 11.5 Å². The van der Waals surface area contributed by atoms with Crippen LogP contribution in [0.1, 0.15) is 19.3 Å². The monoisotopic (exact) mass is 207 g/mol. The zero-order chi connectivity index (χ0) is 10.7. The van der Waals surface area contributed by atoms with Crippen LogP contribution in [0.25, 0.3) is 0 Å². The molecule has 1 fully saturated rings. The van der Waals surface area contributed by atoms with E-state index in [9.17, 15) is 0 Å². The molecule has 0 radical (unpaired) electrons. The number of nitrogens with zero attached hydrogens (tertiary/aromatic N) is 2. The number of aliphatic hydroxyl groups excluding tert-OH is 1. The molecule has 1 aliphatic rings. The first-order chi connectivity index (χ1) is 7.31. The third-order valence-electron chi connectivity index (χ3n) is 2.92. The first-order valence-corrected chi connectivity index (χ1v) is 5.40. The second-order valence-corrected chi connectivity index (χ2v) is 3.95. The lowest BCUT2D eigenvalue weighted by Crippen LogP contribution is -2.42. The summed E-state index contributed by atoms with van der Waals surface area (Å²) in [4.78, 5) is 6.46. The molecule has 15 heavy (non-hydrogen) atoms. The van der Waals surface area contributed by atoms with Crippen molar-refractivity contribution in [1.29, 1.82) is 0 Å². The zero-order valence-corrected chi connectivity index (χ0v) is 8.76.